The van der Waals surface area contributed by atoms with Crippen molar-refractivity contribution in [3.63, 3.8) is 0 Å². The van der Waals surface area contributed by atoms with Gasteiger partial charge in [0.05, 0.1) is 0 Å². The average molecular weight is 373 g/mol. The van der Waals surface area contributed by atoms with Crippen molar-refractivity contribution in [2.75, 3.05) is 13.1 Å². The molecule has 0 saturated heterocycles. The largest absolute Gasteiger partial charge is 0.362 e. The fourth-order valence-electron chi connectivity index (χ4n) is 3.77. The highest BCUT2D eigenvalue weighted by Crippen LogP contribution is 2.24. The Labute approximate surface area is 166 Å². The third-order valence-electron chi connectivity index (χ3n) is 5.28. The number of hydrogen-bond acceptors (Lipinski definition) is 1. The van der Waals surface area contributed by atoms with Gasteiger partial charge in [-0.3, -0.25) is 0 Å². The van der Waals surface area contributed by atoms with Gasteiger partial charge in [-0.25, -0.2) is 0 Å². The number of nitrogens with zero attached hydrogens (tertiary/aromatic N) is 1. The summed E-state index contributed by atoms with van der Waals surface area (Å²) in [5.41, 5.74) is 5.45. The van der Waals surface area contributed by atoms with Crippen molar-refractivity contribution in [2.45, 2.75) is 18.9 Å². The summed E-state index contributed by atoms with van der Waals surface area (Å²) in [4.78, 5) is 2.28. The zero-order valence-electron chi connectivity index (χ0n) is 15.3. The van der Waals surface area contributed by atoms with Crippen molar-refractivity contribution in [2.24, 2.45) is 0 Å². The van der Waals surface area contributed by atoms with Gasteiger partial charge in [0, 0.05) is 25.6 Å². The molecule has 0 saturated carbocycles. The Hall–Kier alpha value is -2.65. The van der Waals surface area contributed by atoms with Crippen molar-refractivity contribution in [1.29, 1.82) is 0 Å². The number of rotatable bonds is 4. The zero-order chi connectivity index (χ0) is 18.5. The second-order valence-corrected chi connectivity index (χ2v) is 7.39. The molecular formula is C24H24N2S. The van der Waals surface area contributed by atoms with Gasteiger partial charge in [0.15, 0.2) is 5.11 Å². The second kappa shape index (κ2) is 8.36. The first-order chi connectivity index (χ1) is 13.3. The lowest BCUT2D eigenvalue weighted by Gasteiger charge is -2.32. The van der Waals surface area contributed by atoms with Gasteiger partial charge < -0.3 is 10.2 Å². The molecule has 0 radical (unpaired) electrons. The number of fused-ring (bicyclic) bond motifs is 1. The number of benzene rings is 3. The molecule has 1 aliphatic rings. The van der Waals surface area contributed by atoms with E-state index in [9.17, 15) is 0 Å². The SMILES string of the molecule is S=C(NCC(c1ccccc1)c1ccccc1)N1CCc2ccccc2C1. The Morgan fingerprint density at radius 3 is 2.00 bits per heavy atom. The lowest BCUT2D eigenvalue weighted by atomic mass is 9.91. The Bertz CT molecular complexity index is 853. The van der Waals surface area contributed by atoms with Crippen LogP contribution in [0.4, 0.5) is 0 Å². The topological polar surface area (TPSA) is 15.3 Å². The summed E-state index contributed by atoms with van der Waals surface area (Å²) < 4.78 is 0. The predicted octanol–water partition coefficient (Wildman–Crippen LogP) is 4.75. The van der Waals surface area contributed by atoms with Gasteiger partial charge >= 0.3 is 0 Å². The molecule has 0 atom stereocenters. The molecule has 136 valence electrons. The Balaban J connectivity index is 1.46. The first kappa shape index (κ1) is 17.7. The van der Waals surface area contributed by atoms with Crippen molar-refractivity contribution < 1.29 is 0 Å². The van der Waals surface area contributed by atoms with Gasteiger partial charge in [-0.2, -0.15) is 0 Å². The summed E-state index contributed by atoms with van der Waals surface area (Å²) in [5.74, 6) is 0.280. The van der Waals surface area contributed by atoms with Crippen LogP contribution in [0.15, 0.2) is 84.9 Å². The maximum Gasteiger partial charge on any atom is 0.169 e. The Kier molecular flexibility index (Phi) is 5.50. The minimum Gasteiger partial charge on any atom is -0.362 e. The summed E-state index contributed by atoms with van der Waals surface area (Å²) in [6, 6.07) is 30.0. The smallest absolute Gasteiger partial charge is 0.169 e. The minimum absolute atomic E-state index is 0.280. The van der Waals surface area contributed by atoms with Gasteiger partial charge in [-0.1, -0.05) is 84.9 Å². The molecule has 27 heavy (non-hydrogen) atoms. The lowest BCUT2D eigenvalue weighted by Crippen LogP contribution is -2.43. The van der Waals surface area contributed by atoms with Crippen LogP contribution in [0.1, 0.15) is 28.2 Å². The highest BCUT2D eigenvalue weighted by atomic mass is 32.1. The van der Waals surface area contributed by atoms with Gasteiger partial charge in [0.2, 0.25) is 0 Å². The van der Waals surface area contributed by atoms with Gasteiger partial charge in [-0.15, -0.1) is 0 Å². The van der Waals surface area contributed by atoms with E-state index >= 15 is 0 Å². The summed E-state index contributed by atoms with van der Waals surface area (Å²) in [5, 5.41) is 4.39. The van der Waals surface area contributed by atoms with E-state index in [0.717, 1.165) is 31.2 Å². The van der Waals surface area contributed by atoms with Crippen LogP contribution in [0.25, 0.3) is 0 Å². The van der Waals surface area contributed by atoms with Crippen LogP contribution in [0, 0.1) is 0 Å². The Morgan fingerprint density at radius 2 is 1.37 bits per heavy atom. The molecule has 0 aromatic heterocycles. The molecule has 0 amide bonds. The molecule has 0 spiro atoms. The zero-order valence-corrected chi connectivity index (χ0v) is 16.2. The first-order valence-corrected chi connectivity index (χ1v) is 9.91. The molecule has 1 N–H and O–H groups in total. The van der Waals surface area contributed by atoms with Crippen LogP contribution in [-0.2, 0) is 13.0 Å². The molecule has 2 nitrogen and oxygen atoms in total. The normalized spacial score (nSPS) is 13.3. The van der Waals surface area contributed by atoms with E-state index in [2.05, 4.69) is 95.1 Å². The monoisotopic (exact) mass is 372 g/mol. The third-order valence-corrected chi connectivity index (χ3v) is 5.68. The fourth-order valence-corrected chi connectivity index (χ4v) is 4.01. The summed E-state index contributed by atoms with van der Waals surface area (Å²) in [6.07, 6.45) is 1.05. The molecule has 3 aromatic carbocycles. The molecule has 1 aliphatic heterocycles. The van der Waals surface area contributed by atoms with E-state index in [-0.39, 0.29) is 5.92 Å². The predicted molar refractivity (Wildman–Crippen MR) is 116 cm³/mol. The van der Waals surface area contributed by atoms with Crippen molar-refractivity contribution in [1.82, 2.24) is 10.2 Å². The van der Waals surface area contributed by atoms with Crippen LogP contribution in [0.3, 0.4) is 0 Å². The quantitative estimate of drug-likeness (QED) is 0.665. The summed E-state index contributed by atoms with van der Waals surface area (Å²) >= 11 is 5.74. The van der Waals surface area contributed by atoms with Crippen LogP contribution in [0.2, 0.25) is 0 Å². The summed E-state index contributed by atoms with van der Waals surface area (Å²) in [6.45, 7) is 2.67. The maximum absolute atomic E-state index is 5.74. The number of hydrogen-bond donors (Lipinski definition) is 1. The van der Waals surface area contributed by atoms with E-state index in [1.807, 2.05) is 0 Å². The highest BCUT2D eigenvalue weighted by molar-refractivity contribution is 7.80. The maximum atomic E-state index is 5.74. The van der Waals surface area contributed by atoms with Gasteiger partial charge in [0.25, 0.3) is 0 Å². The molecular weight excluding hydrogens is 348 g/mol. The van der Waals surface area contributed by atoms with Crippen LogP contribution in [0.5, 0.6) is 0 Å². The highest BCUT2D eigenvalue weighted by Gasteiger charge is 2.20. The molecule has 3 heteroatoms. The van der Waals surface area contributed by atoms with E-state index in [1.54, 1.807) is 0 Å². The molecule has 3 aromatic rings. The number of thiocarbonyl (C=S) groups is 1. The molecule has 1 heterocycles. The van der Waals surface area contributed by atoms with Crippen LogP contribution in [-0.4, -0.2) is 23.1 Å². The van der Waals surface area contributed by atoms with E-state index in [0.29, 0.717) is 0 Å². The average Bonchev–Trinajstić information content (AvgIpc) is 2.75. The van der Waals surface area contributed by atoms with E-state index in [4.69, 9.17) is 12.2 Å². The van der Waals surface area contributed by atoms with Crippen molar-refractivity contribution in [3.8, 4) is 0 Å². The van der Waals surface area contributed by atoms with Crippen molar-refractivity contribution in [3.05, 3.63) is 107 Å². The van der Waals surface area contributed by atoms with Crippen LogP contribution >= 0.6 is 12.2 Å². The molecule has 0 fully saturated rings. The van der Waals surface area contributed by atoms with Crippen molar-refractivity contribution >= 4 is 17.3 Å². The third kappa shape index (κ3) is 4.20. The first-order valence-electron chi connectivity index (χ1n) is 9.51. The van der Waals surface area contributed by atoms with Crippen LogP contribution < -0.4 is 5.32 Å². The van der Waals surface area contributed by atoms with Gasteiger partial charge in [-0.05, 0) is 40.9 Å². The standard InChI is InChI=1S/C24H24N2S/c27-24(26-16-15-19-9-7-8-14-22(19)18-26)25-17-23(20-10-3-1-4-11-20)21-12-5-2-6-13-21/h1-14,23H,15-18H2,(H,25,27). The summed E-state index contributed by atoms with van der Waals surface area (Å²) in [7, 11) is 0. The minimum atomic E-state index is 0.280. The molecule has 0 unspecified atom stereocenters. The Morgan fingerprint density at radius 1 is 0.815 bits per heavy atom. The lowest BCUT2D eigenvalue weighted by molar-refractivity contribution is 0.386. The molecule has 0 bridgehead atoms. The van der Waals surface area contributed by atoms with E-state index < -0.39 is 0 Å². The molecule has 4 rings (SSSR count). The van der Waals surface area contributed by atoms with E-state index in [1.165, 1.54) is 22.3 Å². The van der Waals surface area contributed by atoms with Gasteiger partial charge in [0.1, 0.15) is 0 Å². The molecule has 0 aliphatic carbocycles. The fraction of sp³-hybridized carbons (Fsp3) is 0.208. The second-order valence-electron chi connectivity index (χ2n) is 7.00. The number of nitrogens with one attached hydrogen (secondary N) is 1.